The number of carbonyl (C=O) groups is 1. The molecule has 0 saturated carbocycles. The van der Waals surface area contributed by atoms with Gasteiger partial charge in [-0.15, -0.1) is 0 Å². The van der Waals surface area contributed by atoms with E-state index in [1.54, 1.807) is 6.20 Å². The maximum Gasteiger partial charge on any atom is 0.308 e. The summed E-state index contributed by atoms with van der Waals surface area (Å²) in [7, 11) is 0. The molecule has 1 aromatic heterocycles. The van der Waals surface area contributed by atoms with Crippen molar-refractivity contribution < 1.29 is 9.53 Å². The lowest BCUT2D eigenvalue weighted by Gasteiger charge is -1.98. The first-order valence-corrected chi connectivity index (χ1v) is 4.92. The summed E-state index contributed by atoms with van der Waals surface area (Å²) in [4.78, 5) is 13.8. The number of aromatic amines is 1. The van der Waals surface area contributed by atoms with E-state index >= 15 is 0 Å². The zero-order chi connectivity index (χ0) is 10.1. The van der Waals surface area contributed by atoms with Gasteiger partial charge in [0.05, 0.1) is 5.52 Å². The van der Waals surface area contributed by atoms with E-state index in [4.69, 9.17) is 4.74 Å². The highest BCUT2D eigenvalue weighted by molar-refractivity contribution is 9.10. The summed E-state index contributed by atoms with van der Waals surface area (Å²) >= 11 is 3.40. The number of hydrogen-bond donors (Lipinski definition) is 1. The van der Waals surface area contributed by atoms with E-state index in [2.05, 4.69) is 20.9 Å². The van der Waals surface area contributed by atoms with Crippen molar-refractivity contribution >= 4 is 32.8 Å². The monoisotopic (exact) mass is 253 g/mol. The molecule has 1 heterocycles. The average Bonchev–Trinajstić information content (AvgIpc) is 2.49. The summed E-state index contributed by atoms with van der Waals surface area (Å²) < 4.78 is 5.98. The van der Waals surface area contributed by atoms with E-state index < -0.39 is 0 Å². The standard InChI is InChI=1S/C10H8BrNO2/c1-6(13)14-9-5-12-10-7(9)3-2-4-8(10)11/h2-5,12H,1H3. The minimum absolute atomic E-state index is 0.314. The van der Waals surface area contributed by atoms with Crippen molar-refractivity contribution in [2.24, 2.45) is 0 Å². The van der Waals surface area contributed by atoms with Gasteiger partial charge in [0, 0.05) is 23.0 Å². The van der Waals surface area contributed by atoms with Gasteiger partial charge in [-0.1, -0.05) is 6.07 Å². The van der Waals surface area contributed by atoms with Gasteiger partial charge in [0.15, 0.2) is 5.75 Å². The lowest BCUT2D eigenvalue weighted by molar-refractivity contribution is -0.131. The van der Waals surface area contributed by atoms with Crippen LogP contribution in [0.15, 0.2) is 28.9 Å². The Morgan fingerprint density at radius 1 is 1.50 bits per heavy atom. The van der Waals surface area contributed by atoms with Crippen molar-refractivity contribution in [1.29, 1.82) is 0 Å². The molecule has 0 radical (unpaired) electrons. The number of benzene rings is 1. The van der Waals surface area contributed by atoms with Crippen molar-refractivity contribution in [2.75, 3.05) is 0 Å². The Bertz CT molecular complexity index is 490. The zero-order valence-corrected chi connectivity index (χ0v) is 9.09. The van der Waals surface area contributed by atoms with E-state index in [0.29, 0.717) is 5.75 Å². The summed E-state index contributed by atoms with van der Waals surface area (Å²) in [6, 6.07) is 5.72. The van der Waals surface area contributed by atoms with Crippen molar-refractivity contribution in [2.45, 2.75) is 6.92 Å². The van der Waals surface area contributed by atoms with Crippen molar-refractivity contribution in [1.82, 2.24) is 4.98 Å². The largest absolute Gasteiger partial charge is 0.424 e. The van der Waals surface area contributed by atoms with Gasteiger partial charge in [0.1, 0.15) is 0 Å². The molecule has 72 valence electrons. The second-order valence-electron chi connectivity index (χ2n) is 2.91. The summed E-state index contributed by atoms with van der Waals surface area (Å²) in [5, 5.41) is 0.898. The number of H-pyrrole nitrogens is 1. The van der Waals surface area contributed by atoms with Crippen LogP contribution in [0.3, 0.4) is 0 Å². The Labute approximate surface area is 89.2 Å². The smallest absolute Gasteiger partial charge is 0.308 e. The molecule has 0 aliphatic rings. The molecule has 4 heteroatoms. The number of esters is 1. The predicted molar refractivity (Wildman–Crippen MR) is 57.3 cm³/mol. The van der Waals surface area contributed by atoms with Crippen LogP contribution in [0.25, 0.3) is 10.9 Å². The molecule has 3 nitrogen and oxygen atoms in total. The molecule has 0 bridgehead atoms. The molecular formula is C10H8BrNO2. The Hall–Kier alpha value is -1.29. The van der Waals surface area contributed by atoms with Gasteiger partial charge < -0.3 is 9.72 Å². The number of halogens is 1. The summed E-state index contributed by atoms with van der Waals surface area (Å²) in [6.45, 7) is 1.39. The number of carbonyl (C=O) groups excluding carboxylic acids is 1. The van der Waals surface area contributed by atoms with Gasteiger partial charge in [-0.2, -0.15) is 0 Å². The first kappa shape index (κ1) is 9.27. The topological polar surface area (TPSA) is 42.1 Å². The molecule has 0 aliphatic carbocycles. The first-order chi connectivity index (χ1) is 6.68. The second kappa shape index (κ2) is 3.46. The highest BCUT2D eigenvalue weighted by atomic mass is 79.9. The molecule has 0 saturated heterocycles. The minimum Gasteiger partial charge on any atom is -0.424 e. The second-order valence-corrected chi connectivity index (χ2v) is 3.76. The van der Waals surface area contributed by atoms with Crippen LogP contribution in [0.1, 0.15) is 6.92 Å². The molecule has 14 heavy (non-hydrogen) atoms. The molecule has 2 rings (SSSR count). The van der Waals surface area contributed by atoms with Gasteiger partial charge in [0.2, 0.25) is 0 Å². The Morgan fingerprint density at radius 2 is 2.29 bits per heavy atom. The average molecular weight is 254 g/mol. The SMILES string of the molecule is CC(=O)Oc1c[nH]c2c(Br)cccc12. The van der Waals surface area contributed by atoms with Crippen molar-refractivity contribution in [3.8, 4) is 5.75 Å². The van der Waals surface area contributed by atoms with Gasteiger partial charge in [0.25, 0.3) is 0 Å². The number of rotatable bonds is 1. The van der Waals surface area contributed by atoms with Gasteiger partial charge in [-0.05, 0) is 28.1 Å². The van der Waals surface area contributed by atoms with Gasteiger partial charge in [-0.3, -0.25) is 4.79 Å². The predicted octanol–water partition coefficient (Wildman–Crippen LogP) is 2.86. The van der Waals surface area contributed by atoms with E-state index in [0.717, 1.165) is 15.4 Å². The van der Waals surface area contributed by atoms with Crippen LogP contribution in [-0.2, 0) is 4.79 Å². The number of para-hydroxylation sites is 1. The van der Waals surface area contributed by atoms with Crippen LogP contribution in [-0.4, -0.2) is 11.0 Å². The molecule has 0 spiro atoms. The number of fused-ring (bicyclic) bond motifs is 1. The normalized spacial score (nSPS) is 10.4. The van der Waals surface area contributed by atoms with Gasteiger partial charge in [-0.25, -0.2) is 0 Å². The third-order valence-electron chi connectivity index (χ3n) is 1.88. The Kier molecular flexibility index (Phi) is 2.29. The summed E-state index contributed by atoms with van der Waals surface area (Å²) in [6.07, 6.45) is 1.68. The lowest BCUT2D eigenvalue weighted by Crippen LogP contribution is -2.00. The number of aromatic nitrogens is 1. The summed E-state index contributed by atoms with van der Waals surface area (Å²) in [5.41, 5.74) is 0.934. The third-order valence-corrected chi connectivity index (χ3v) is 2.54. The lowest BCUT2D eigenvalue weighted by atomic mass is 10.2. The highest BCUT2D eigenvalue weighted by Crippen LogP contribution is 2.30. The maximum atomic E-state index is 10.8. The summed E-state index contributed by atoms with van der Waals surface area (Å²) in [5.74, 6) is 0.250. The molecular weight excluding hydrogens is 246 g/mol. The fraction of sp³-hybridized carbons (Fsp3) is 0.100. The highest BCUT2D eigenvalue weighted by Gasteiger charge is 2.08. The third kappa shape index (κ3) is 1.53. The van der Waals surface area contributed by atoms with E-state index in [1.165, 1.54) is 6.92 Å². The number of nitrogens with one attached hydrogen (secondary N) is 1. The van der Waals surface area contributed by atoms with Gasteiger partial charge >= 0.3 is 5.97 Å². The Morgan fingerprint density at radius 3 is 3.00 bits per heavy atom. The van der Waals surface area contributed by atoms with Crippen LogP contribution < -0.4 is 4.74 Å². The van der Waals surface area contributed by atoms with Crippen LogP contribution in [0.4, 0.5) is 0 Å². The van der Waals surface area contributed by atoms with Crippen LogP contribution in [0.5, 0.6) is 5.75 Å². The first-order valence-electron chi connectivity index (χ1n) is 4.12. The van der Waals surface area contributed by atoms with Crippen LogP contribution >= 0.6 is 15.9 Å². The molecule has 1 N–H and O–H groups in total. The molecule has 2 aromatic rings. The maximum absolute atomic E-state index is 10.8. The fourth-order valence-corrected chi connectivity index (χ4v) is 1.81. The number of ether oxygens (including phenoxy) is 1. The van der Waals surface area contributed by atoms with Crippen molar-refractivity contribution in [3.63, 3.8) is 0 Å². The minimum atomic E-state index is -0.314. The molecule has 0 aliphatic heterocycles. The molecule has 0 fully saturated rings. The molecule has 1 aromatic carbocycles. The van der Waals surface area contributed by atoms with Crippen molar-refractivity contribution in [3.05, 3.63) is 28.9 Å². The number of hydrogen-bond acceptors (Lipinski definition) is 2. The quantitative estimate of drug-likeness (QED) is 0.795. The zero-order valence-electron chi connectivity index (χ0n) is 7.50. The van der Waals surface area contributed by atoms with E-state index in [1.807, 2.05) is 18.2 Å². The molecule has 0 unspecified atom stereocenters. The fourth-order valence-electron chi connectivity index (χ4n) is 1.33. The van der Waals surface area contributed by atoms with Crippen LogP contribution in [0, 0.1) is 0 Å². The van der Waals surface area contributed by atoms with E-state index in [-0.39, 0.29) is 5.97 Å². The molecule has 0 amide bonds. The Balaban J connectivity index is 2.58. The van der Waals surface area contributed by atoms with Crippen LogP contribution in [0.2, 0.25) is 0 Å². The molecule has 0 atom stereocenters. The van der Waals surface area contributed by atoms with E-state index in [9.17, 15) is 4.79 Å².